The van der Waals surface area contributed by atoms with Crippen LogP contribution in [0.3, 0.4) is 0 Å². The molecule has 1 heterocycles. The predicted molar refractivity (Wildman–Crippen MR) is 98.1 cm³/mol. The van der Waals surface area contributed by atoms with Gasteiger partial charge in [0.15, 0.2) is 0 Å². The van der Waals surface area contributed by atoms with Crippen LogP contribution in [0.25, 0.3) is 0 Å². The van der Waals surface area contributed by atoms with Gasteiger partial charge in [-0.05, 0) is 18.6 Å². The number of rotatable bonds is 7. The lowest BCUT2D eigenvalue weighted by atomic mass is 10.1. The van der Waals surface area contributed by atoms with E-state index in [2.05, 4.69) is 29.4 Å². The summed E-state index contributed by atoms with van der Waals surface area (Å²) in [7, 11) is 3.22. The smallest absolute Gasteiger partial charge is 0.210 e. The molecular formula is C16H21N3O2S2. The molecule has 0 spiro atoms. The molecule has 0 aliphatic heterocycles. The first-order chi connectivity index (χ1) is 11.1. The van der Waals surface area contributed by atoms with E-state index in [9.17, 15) is 0 Å². The summed E-state index contributed by atoms with van der Waals surface area (Å²) < 4.78 is 10.8. The molecule has 1 aromatic heterocycles. The summed E-state index contributed by atoms with van der Waals surface area (Å²) in [6.07, 6.45) is 2.22. The molecule has 0 bridgehead atoms. The molecule has 1 aromatic carbocycles. The van der Waals surface area contributed by atoms with E-state index < -0.39 is 0 Å². The Morgan fingerprint density at radius 2 is 1.91 bits per heavy atom. The van der Waals surface area contributed by atoms with Crippen LogP contribution in [-0.2, 0) is 0 Å². The molecule has 124 valence electrons. The fourth-order valence-electron chi connectivity index (χ4n) is 2.28. The first-order valence-corrected chi connectivity index (χ1v) is 8.68. The van der Waals surface area contributed by atoms with Crippen molar-refractivity contribution in [2.75, 3.05) is 19.5 Å². The van der Waals surface area contributed by atoms with Crippen molar-refractivity contribution < 1.29 is 9.47 Å². The molecule has 23 heavy (non-hydrogen) atoms. The summed E-state index contributed by atoms with van der Waals surface area (Å²) in [5.74, 6) is 1.72. The van der Waals surface area contributed by atoms with E-state index in [0.717, 1.165) is 17.8 Å². The predicted octanol–water partition coefficient (Wildman–Crippen LogP) is 4.25. The van der Waals surface area contributed by atoms with E-state index >= 15 is 0 Å². The number of methoxy groups -OCH3 is 2. The molecule has 0 aliphatic carbocycles. The third kappa shape index (κ3) is 4.17. The Morgan fingerprint density at radius 1 is 1.26 bits per heavy atom. The Bertz CT molecular complexity index is 651. The highest BCUT2D eigenvalue weighted by atomic mass is 32.1. The van der Waals surface area contributed by atoms with Crippen molar-refractivity contribution >= 4 is 33.7 Å². The summed E-state index contributed by atoms with van der Waals surface area (Å²) in [6.45, 7) is 4.33. The highest BCUT2D eigenvalue weighted by Crippen LogP contribution is 2.31. The fourth-order valence-corrected chi connectivity index (χ4v) is 3.47. The fraction of sp³-hybridized carbons (Fsp3) is 0.438. The van der Waals surface area contributed by atoms with Gasteiger partial charge < -0.3 is 14.8 Å². The number of hydrogen-bond donors (Lipinski definition) is 1. The van der Waals surface area contributed by atoms with Crippen LogP contribution in [0.2, 0.25) is 0 Å². The van der Waals surface area contributed by atoms with Crippen molar-refractivity contribution in [1.29, 1.82) is 0 Å². The number of benzene rings is 1. The van der Waals surface area contributed by atoms with Crippen LogP contribution in [0.4, 0.5) is 5.13 Å². The average Bonchev–Trinajstić information content (AvgIpc) is 3.02. The minimum absolute atomic E-state index is 0.405. The summed E-state index contributed by atoms with van der Waals surface area (Å²) >= 11 is 7.03. The lowest BCUT2D eigenvalue weighted by molar-refractivity contribution is 0.393. The summed E-state index contributed by atoms with van der Waals surface area (Å²) in [6, 6.07) is 5.56. The monoisotopic (exact) mass is 351 g/mol. The van der Waals surface area contributed by atoms with Crippen molar-refractivity contribution in [3.8, 4) is 11.5 Å². The van der Waals surface area contributed by atoms with Gasteiger partial charge in [-0.1, -0.05) is 49.9 Å². The van der Waals surface area contributed by atoms with Crippen molar-refractivity contribution in [2.45, 2.75) is 32.6 Å². The van der Waals surface area contributed by atoms with Crippen molar-refractivity contribution in [3.63, 3.8) is 0 Å². The van der Waals surface area contributed by atoms with Crippen LogP contribution < -0.4 is 14.8 Å². The second-order valence-corrected chi connectivity index (χ2v) is 6.54. The number of aromatic nitrogens is 2. The molecule has 2 aromatic rings. The number of ether oxygens (including phenoxy) is 2. The molecule has 0 saturated heterocycles. The molecule has 0 fully saturated rings. The maximum absolute atomic E-state index is 5.50. The van der Waals surface area contributed by atoms with E-state index in [-0.39, 0.29) is 0 Å². The zero-order valence-electron chi connectivity index (χ0n) is 13.8. The first kappa shape index (κ1) is 17.6. The van der Waals surface area contributed by atoms with Crippen LogP contribution in [0, 0.1) is 0 Å². The molecule has 0 amide bonds. The molecule has 5 nitrogen and oxygen atoms in total. The Balaban J connectivity index is 2.20. The summed E-state index contributed by atoms with van der Waals surface area (Å²) in [4.78, 5) is 0.505. The van der Waals surface area contributed by atoms with E-state index in [1.807, 2.05) is 18.2 Å². The van der Waals surface area contributed by atoms with Gasteiger partial charge >= 0.3 is 0 Å². The average molecular weight is 351 g/mol. The lowest BCUT2D eigenvalue weighted by Gasteiger charge is -2.13. The topological polar surface area (TPSA) is 56.3 Å². The Hall–Kier alpha value is -1.73. The van der Waals surface area contributed by atoms with Gasteiger partial charge in [-0.3, -0.25) is 0 Å². The van der Waals surface area contributed by atoms with Gasteiger partial charge in [0.2, 0.25) is 5.13 Å². The van der Waals surface area contributed by atoms with Gasteiger partial charge in [-0.25, -0.2) is 0 Å². The minimum atomic E-state index is 0.405. The summed E-state index contributed by atoms with van der Waals surface area (Å²) in [5, 5.41) is 13.3. The quantitative estimate of drug-likeness (QED) is 0.753. The third-order valence-electron chi connectivity index (χ3n) is 3.46. The molecule has 1 atom stereocenters. The molecular weight excluding hydrogens is 330 g/mol. The van der Waals surface area contributed by atoms with Crippen molar-refractivity contribution in [2.24, 2.45) is 0 Å². The highest BCUT2D eigenvalue weighted by molar-refractivity contribution is 7.81. The largest absolute Gasteiger partial charge is 0.496 e. The number of nitrogens with zero attached hydrogens (tertiary/aromatic N) is 2. The molecule has 0 saturated carbocycles. The molecule has 1 unspecified atom stereocenters. The maximum atomic E-state index is 5.50. The Kier molecular flexibility index (Phi) is 6.29. The van der Waals surface area contributed by atoms with Gasteiger partial charge in [0.25, 0.3) is 0 Å². The van der Waals surface area contributed by atoms with E-state index in [4.69, 9.17) is 21.7 Å². The van der Waals surface area contributed by atoms with Gasteiger partial charge in [0.05, 0.1) is 19.8 Å². The van der Waals surface area contributed by atoms with Crippen LogP contribution >= 0.6 is 23.6 Å². The van der Waals surface area contributed by atoms with Crippen LogP contribution in [0.1, 0.15) is 43.2 Å². The maximum Gasteiger partial charge on any atom is 0.210 e. The number of nitrogens with one attached hydrogen (secondary N) is 1. The Morgan fingerprint density at radius 3 is 2.48 bits per heavy atom. The van der Waals surface area contributed by atoms with Gasteiger partial charge in [0, 0.05) is 5.92 Å². The van der Waals surface area contributed by atoms with E-state index in [1.165, 1.54) is 11.3 Å². The molecule has 0 aliphatic rings. The lowest BCUT2D eigenvalue weighted by Crippen LogP contribution is -2.13. The van der Waals surface area contributed by atoms with Gasteiger partial charge in [-0.15, -0.1) is 10.2 Å². The highest BCUT2D eigenvalue weighted by Gasteiger charge is 2.17. The van der Waals surface area contributed by atoms with Crippen LogP contribution in [0.5, 0.6) is 11.5 Å². The summed E-state index contributed by atoms with van der Waals surface area (Å²) in [5.41, 5.74) is 0.714. The second-order valence-electron chi connectivity index (χ2n) is 5.13. The molecule has 2 rings (SSSR count). The molecule has 7 heteroatoms. The standard InChI is InChI=1S/C16H21N3O2S2/c1-5-7-10(2)15-18-19-16(23-15)17-14(22)13-11(20-3)8-6-9-12(13)21-4/h6,8-10H,5,7H2,1-4H3,(H,17,19,22). The number of hydrogen-bond acceptors (Lipinski definition) is 6. The van der Waals surface area contributed by atoms with Crippen molar-refractivity contribution in [3.05, 3.63) is 28.8 Å². The van der Waals surface area contributed by atoms with E-state index in [0.29, 0.717) is 33.1 Å². The Labute approximate surface area is 146 Å². The number of anilines is 1. The molecule has 0 radical (unpaired) electrons. The van der Waals surface area contributed by atoms with Crippen molar-refractivity contribution in [1.82, 2.24) is 10.2 Å². The van der Waals surface area contributed by atoms with Gasteiger partial charge in [0.1, 0.15) is 21.5 Å². The zero-order valence-corrected chi connectivity index (χ0v) is 15.4. The minimum Gasteiger partial charge on any atom is -0.496 e. The van der Waals surface area contributed by atoms with Crippen LogP contribution in [-0.4, -0.2) is 29.4 Å². The van der Waals surface area contributed by atoms with Crippen LogP contribution in [0.15, 0.2) is 18.2 Å². The molecule has 1 N–H and O–H groups in total. The van der Waals surface area contributed by atoms with E-state index in [1.54, 1.807) is 14.2 Å². The first-order valence-electron chi connectivity index (χ1n) is 7.46. The normalized spacial score (nSPS) is 11.8. The SMILES string of the molecule is CCCC(C)c1nnc(NC(=S)c2c(OC)cccc2OC)s1. The second kappa shape index (κ2) is 8.21. The zero-order chi connectivity index (χ0) is 16.8. The van der Waals surface area contributed by atoms with Gasteiger partial charge in [-0.2, -0.15) is 0 Å². The third-order valence-corrected chi connectivity index (χ3v) is 4.84. The number of thiocarbonyl (C=S) groups is 1.